The fourth-order valence-electron chi connectivity index (χ4n) is 2.76. The summed E-state index contributed by atoms with van der Waals surface area (Å²) in [6, 6.07) is 5.79. The van der Waals surface area contributed by atoms with E-state index in [1.54, 1.807) is 19.2 Å². The van der Waals surface area contributed by atoms with Crippen LogP contribution in [0.4, 0.5) is 10.1 Å². The first-order valence-electron chi connectivity index (χ1n) is 7.91. The van der Waals surface area contributed by atoms with Crippen molar-refractivity contribution < 1.29 is 9.13 Å². The van der Waals surface area contributed by atoms with Crippen LogP contribution in [-0.4, -0.2) is 32.8 Å². The Hall–Kier alpha value is -1.13. The molecule has 0 aliphatic heterocycles. The molecule has 1 unspecified atom stereocenters. The Bertz CT molecular complexity index is 448. The minimum Gasteiger partial charge on any atom is -0.383 e. The van der Waals surface area contributed by atoms with Gasteiger partial charge in [-0.1, -0.05) is 6.92 Å². The van der Waals surface area contributed by atoms with Crippen molar-refractivity contribution in [2.75, 3.05) is 31.7 Å². The van der Waals surface area contributed by atoms with Crippen molar-refractivity contribution >= 4 is 5.69 Å². The number of ether oxygens (including phenoxy) is 1. The Morgan fingerprint density at radius 2 is 2.14 bits per heavy atom. The molecule has 0 heterocycles. The maximum atomic E-state index is 13.9. The van der Waals surface area contributed by atoms with Crippen LogP contribution in [0, 0.1) is 11.7 Å². The standard InChI is InChI=1S/C17H27FN2O/c1-4-19-12-14-9-16(18)11-17(10-14)20(7-8-21-3)13(2)15-5-6-15/h9-11,13,15,19H,4-8,12H2,1-3H3. The van der Waals surface area contributed by atoms with Crippen LogP contribution in [-0.2, 0) is 11.3 Å². The highest BCUT2D eigenvalue weighted by molar-refractivity contribution is 5.50. The second-order valence-electron chi connectivity index (χ2n) is 5.86. The number of methoxy groups -OCH3 is 1. The van der Waals surface area contributed by atoms with Crippen LogP contribution in [0.1, 0.15) is 32.3 Å². The van der Waals surface area contributed by atoms with Crippen LogP contribution >= 0.6 is 0 Å². The molecule has 1 aromatic carbocycles. The van der Waals surface area contributed by atoms with Gasteiger partial charge in [-0.05, 0) is 56.0 Å². The first-order chi connectivity index (χ1) is 10.2. The SMILES string of the molecule is CCNCc1cc(F)cc(N(CCOC)C(C)C2CC2)c1. The maximum absolute atomic E-state index is 13.9. The van der Waals surface area contributed by atoms with E-state index in [9.17, 15) is 4.39 Å². The summed E-state index contributed by atoms with van der Waals surface area (Å²) in [5.74, 6) is 0.577. The third-order valence-electron chi connectivity index (χ3n) is 4.19. The molecule has 1 aliphatic rings. The highest BCUT2D eigenvalue weighted by Gasteiger charge is 2.32. The largest absolute Gasteiger partial charge is 0.383 e. The number of rotatable bonds is 9. The Balaban J connectivity index is 2.18. The Labute approximate surface area is 127 Å². The zero-order valence-corrected chi connectivity index (χ0v) is 13.4. The molecule has 21 heavy (non-hydrogen) atoms. The van der Waals surface area contributed by atoms with Crippen molar-refractivity contribution in [2.45, 2.75) is 39.3 Å². The molecule has 1 aromatic rings. The van der Waals surface area contributed by atoms with E-state index < -0.39 is 0 Å². The van der Waals surface area contributed by atoms with Gasteiger partial charge in [0.05, 0.1) is 6.61 Å². The third-order valence-corrected chi connectivity index (χ3v) is 4.19. The van der Waals surface area contributed by atoms with Crippen LogP contribution in [0.2, 0.25) is 0 Å². The number of nitrogens with zero attached hydrogens (tertiary/aromatic N) is 1. The van der Waals surface area contributed by atoms with E-state index in [2.05, 4.69) is 30.1 Å². The Kier molecular flexibility index (Phi) is 6.00. The Morgan fingerprint density at radius 1 is 1.38 bits per heavy atom. The molecule has 2 rings (SSSR count). The van der Waals surface area contributed by atoms with Crippen molar-refractivity contribution in [3.8, 4) is 0 Å². The first kappa shape index (κ1) is 16.2. The van der Waals surface area contributed by atoms with Gasteiger partial charge in [0.25, 0.3) is 0 Å². The number of hydrogen-bond donors (Lipinski definition) is 1. The van der Waals surface area contributed by atoms with Gasteiger partial charge in [-0.25, -0.2) is 4.39 Å². The molecular weight excluding hydrogens is 267 g/mol. The predicted molar refractivity (Wildman–Crippen MR) is 85.2 cm³/mol. The number of nitrogens with one attached hydrogen (secondary N) is 1. The van der Waals surface area contributed by atoms with Crippen LogP contribution in [0.5, 0.6) is 0 Å². The van der Waals surface area contributed by atoms with Gasteiger partial charge in [-0.2, -0.15) is 0 Å². The van der Waals surface area contributed by atoms with Crippen molar-refractivity contribution in [1.29, 1.82) is 0 Å². The summed E-state index contributed by atoms with van der Waals surface area (Å²) in [7, 11) is 1.71. The molecule has 1 aliphatic carbocycles. The molecule has 3 nitrogen and oxygen atoms in total. The molecule has 1 N–H and O–H groups in total. The van der Waals surface area contributed by atoms with E-state index in [1.165, 1.54) is 12.8 Å². The molecule has 0 aromatic heterocycles. The molecule has 0 amide bonds. The topological polar surface area (TPSA) is 24.5 Å². The van der Waals surface area contributed by atoms with E-state index in [1.807, 2.05) is 0 Å². The lowest BCUT2D eigenvalue weighted by Gasteiger charge is -2.32. The van der Waals surface area contributed by atoms with Crippen molar-refractivity contribution in [3.63, 3.8) is 0 Å². The molecule has 0 radical (unpaired) electrons. The van der Waals surface area contributed by atoms with Crippen molar-refractivity contribution in [2.24, 2.45) is 5.92 Å². The fourth-order valence-corrected chi connectivity index (χ4v) is 2.76. The molecule has 0 bridgehead atoms. The van der Waals surface area contributed by atoms with Gasteiger partial charge in [0.2, 0.25) is 0 Å². The van der Waals surface area contributed by atoms with Gasteiger partial charge in [0, 0.05) is 31.9 Å². The lowest BCUT2D eigenvalue weighted by Crippen LogP contribution is -2.37. The van der Waals surface area contributed by atoms with Gasteiger partial charge >= 0.3 is 0 Å². The minimum atomic E-state index is -0.161. The predicted octanol–water partition coefficient (Wildman–Crippen LogP) is 3.19. The van der Waals surface area contributed by atoms with E-state index >= 15 is 0 Å². The molecular formula is C17H27FN2O. The smallest absolute Gasteiger partial charge is 0.125 e. The van der Waals surface area contributed by atoms with E-state index in [4.69, 9.17) is 4.74 Å². The highest BCUT2D eigenvalue weighted by Crippen LogP contribution is 2.37. The van der Waals surface area contributed by atoms with Gasteiger partial charge < -0.3 is 15.0 Å². The van der Waals surface area contributed by atoms with Gasteiger partial charge in [0.15, 0.2) is 0 Å². The molecule has 4 heteroatoms. The molecule has 1 fully saturated rings. The fraction of sp³-hybridized carbons (Fsp3) is 0.647. The normalized spacial score (nSPS) is 16.0. The zero-order chi connectivity index (χ0) is 15.2. The summed E-state index contributed by atoms with van der Waals surface area (Å²) < 4.78 is 19.2. The molecule has 1 saturated carbocycles. The maximum Gasteiger partial charge on any atom is 0.125 e. The number of hydrogen-bond acceptors (Lipinski definition) is 3. The van der Waals surface area contributed by atoms with Crippen LogP contribution in [0.15, 0.2) is 18.2 Å². The van der Waals surface area contributed by atoms with Crippen molar-refractivity contribution in [3.05, 3.63) is 29.6 Å². The van der Waals surface area contributed by atoms with E-state index in [0.717, 1.165) is 30.3 Å². The second kappa shape index (κ2) is 7.76. The number of anilines is 1. The molecule has 1 atom stereocenters. The van der Waals surface area contributed by atoms with Gasteiger partial charge in [-0.15, -0.1) is 0 Å². The summed E-state index contributed by atoms with van der Waals surface area (Å²) in [6.07, 6.45) is 2.56. The summed E-state index contributed by atoms with van der Waals surface area (Å²) in [6.45, 7) is 7.35. The highest BCUT2D eigenvalue weighted by atomic mass is 19.1. The zero-order valence-electron chi connectivity index (χ0n) is 13.4. The summed E-state index contributed by atoms with van der Waals surface area (Å²) in [4.78, 5) is 2.29. The molecule has 118 valence electrons. The lowest BCUT2D eigenvalue weighted by molar-refractivity contribution is 0.202. The van der Waals surface area contributed by atoms with Crippen LogP contribution < -0.4 is 10.2 Å². The summed E-state index contributed by atoms with van der Waals surface area (Å²) in [5.41, 5.74) is 1.97. The van der Waals surface area contributed by atoms with Gasteiger partial charge in [0.1, 0.15) is 5.82 Å². The molecule has 0 spiro atoms. The number of benzene rings is 1. The third kappa shape index (κ3) is 4.68. The van der Waals surface area contributed by atoms with E-state index in [0.29, 0.717) is 19.2 Å². The summed E-state index contributed by atoms with van der Waals surface area (Å²) >= 11 is 0. The van der Waals surface area contributed by atoms with Crippen LogP contribution in [0.3, 0.4) is 0 Å². The Morgan fingerprint density at radius 3 is 2.76 bits per heavy atom. The average Bonchev–Trinajstić information content (AvgIpc) is 3.29. The molecule has 0 saturated heterocycles. The quantitative estimate of drug-likeness (QED) is 0.757. The van der Waals surface area contributed by atoms with Crippen molar-refractivity contribution in [1.82, 2.24) is 5.32 Å². The second-order valence-corrected chi connectivity index (χ2v) is 5.86. The summed E-state index contributed by atoms with van der Waals surface area (Å²) in [5, 5.41) is 3.26. The van der Waals surface area contributed by atoms with Crippen LogP contribution in [0.25, 0.3) is 0 Å². The monoisotopic (exact) mass is 294 g/mol. The first-order valence-corrected chi connectivity index (χ1v) is 7.91. The lowest BCUT2D eigenvalue weighted by atomic mass is 10.1. The average molecular weight is 294 g/mol. The minimum absolute atomic E-state index is 0.161. The van der Waals surface area contributed by atoms with Gasteiger partial charge in [-0.3, -0.25) is 0 Å². The number of halogens is 1. The van der Waals surface area contributed by atoms with E-state index in [-0.39, 0.29) is 5.82 Å².